The fraction of sp³-hybridized carbons (Fsp3) is 0.0909. The summed E-state index contributed by atoms with van der Waals surface area (Å²) in [5.41, 5.74) is 1.75. The van der Waals surface area contributed by atoms with Crippen molar-refractivity contribution in [2.24, 2.45) is 0 Å². The van der Waals surface area contributed by atoms with Gasteiger partial charge in [-0.25, -0.2) is 0 Å². The lowest BCUT2D eigenvalue weighted by Crippen LogP contribution is -2.28. The summed E-state index contributed by atoms with van der Waals surface area (Å²) in [5, 5.41) is 13.9. The summed E-state index contributed by atoms with van der Waals surface area (Å²) in [6.07, 6.45) is 1.70. The number of nitrogens with zero attached hydrogens (tertiary/aromatic N) is 1. The van der Waals surface area contributed by atoms with Crippen molar-refractivity contribution in [1.82, 2.24) is 15.5 Å². The lowest BCUT2D eigenvalue weighted by molar-refractivity contribution is 0.865. The Kier molecular flexibility index (Phi) is 3.95. The molecule has 17 heavy (non-hydrogen) atoms. The Hall–Kier alpha value is -1.59. The van der Waals surface area contributed by atoms with E-state index in [1.165, 1.54) is 0 Å². The first-order valence-electron chi connectivity index (χ1n) is 5.03. The molecule has 88 valence electrons. The van der Waals surface area contributed by atoms with Gasteiger partial charge in [0, 0.05) is 6.20 Å². The monoisotopic (exact) mass is 266 g/mol. The Morgan fingerprint density at radius 2 is 2.18 bits per heavy atom. The zero-order valence-corrected chi connectivity index (χ0v) is 10.5. The molecule has 1 aromatic carbocycles. The van der Waals surface area contributed by atoms with E-state index in [4.69, 9.17) is 23.8 Å². The van der Waals surface area contributed by atoms with Crippen molar-refractivity contribution in [2.45, 2.75) is 6.54 Å². The number of nitrogens with one attached hydrogen (secondary N) is 3. The molecule has 0 atom stereocenters. The van der Waals surface area contributed by atoms with Crippen molar-refractivity contribution in [2.75, 3.05) is 5.32 Å². The molecule has 0 aliphatic carbocycles. The standard InChI is InChI=1S/C11H11ClN4S/c12-9-3-1-2-4-10(9)15-11(17)13-7-8-5-6-14-16-8/h1-6H,7H2,(H,14,16)(H2,13,15,17). The van der Waals surface area contributed by atoms with Gasteiger partial charge >= 0.3 is 0 Å². The van der Waals surface area contributed by atoms with Gasteiger partial charge in [0.15, 0.2) is 5.11 Å². The molecule has 0 aliphatic heterocycles. The number of hydrogen-bond acceptors (Lipinski definition) is 2. The van der Waals surface area contributed by atoms with Crippen LogP contribution in [0.1, 0.15) is 5.69 Å². The van der Waals surface area contributed by atoms with Crippen LogP contribution in [-0.4, -0.2) is 15.3 Å². The molecule has 2 rings (SSSR count). The Balaban J connectivity index is 1.87. The van der Waals surface area contributed by atoms with Crippen LogP contribution in [0, 0.1) is 0 Å². The maximum Gasteiger partial charge on any atom is 0.171 e. The van der Waals surface area contributed by atoms with Crippen LogP contribution in [0.4, 0.5) is 5.69 Å². The molecule has 1 aromatic heterocycles. The molecule has 0 amide bonds. The van der Waals surface area contributed by atoms with Gasteiger partial charge < -0.3 is 10.6 Å². The van der Waals surface area contributed by atoms with Crippen LogP contribution < -0.4 is 10.6 Å². The van der Waals surface area contributed by atoms with Crippen LogP contribution in [0.15, 0.2) is 36.5 Å². The van der Waals surface area contributed by atoms with Gasteiger partial charge in [-0.1, -0.05) is 23.7 Å². The average Bonchev–Trinajstić information content (AvgIpc) is 2.82. The van der Waals surface area contributed by atoms with Crippen molar-refractivity contribution in [1.29, 1.82) is 0 Å². The predicted molar refractivity (Wildman–Crippen MR) is 73.1 cm³/mol. The minimum absolute atomic E-state index is 0.521. The van der Waals surface area contributed by atoms with Crippen LogP contribution in [0.5, 0.6) is 0 Å². The van der Waals surface area contributed by atoms with Crippen molar-refractivity contribution in [3.05, 3.63) is 47.2 Å². The van der Waals surface area contributed by atoms with E-state index >= 15 is 0 Å². The minimum atomic E-state index is 0.521. The predicted octanol–water partition coefficient (Wildman–Crippen LogP) is 2.55. The molecule has 0 unspecified atom stereocenters. The summed E-state index contributed by atoms with van der Waals surface area (Å²) in [7, 11) is 0. The first-order valence-corrected chi connectivity index (χ1v) is 5.82. The van der Waals surface area contributed by atoms with Gasteiger partial charge in [-0.15, -0.1) is 0 Å². The molecular formula is C11H11ClN4S. The molecule has 0 saturated carbocycles. The number of H-pyrrole nitrogens is 1. The fourth-order valence-corrected chi connectivity index (χ4v) is 1.65. The molecular weight excluding hydrogens is 256 g/mol. The minimum Gasteiger partial charge on any atom is -0.357 e. The number of para-hydroxylation sites is 1. The van der Waals surface area contributed by atoms with Gasteiger partial charge in [-0.3, -0.25) is 5.10 Å². The van der Waals surface area contributed by atoms with Crippen molar-refractivity contribution < 1.29 is 0 Å². The molecule has 0 saturated heterocycles. The van der Waals surface area contributed by atoms with Crippen molar-refractivity contribution in [3.63, 3.8) is 0 Å². The highest BCUT2D eigenvalue weighted by Gasteiger charge is 2.01. The molecule has 2 aromatic rings. The molecule has 0 fully saturated rings. The van der Waals surface area contributed by atoms with Crippen LogP contribution in [-0.2, 0) is 6.54 Å². The van der Waals surface area contributed by atoms with E-state index < -0.39 is 0 Å². The van der Waals surface area contributed by atoms with Gasteiger partial charge in [0.2, 0.25) is 0 Å². The highest BCUT2D eigenvalue weighted by Crippen LogP contribution is 2.20. The zero-order valence-electron chi connectivity index (χ0n) is 8.90. The third-order valence-corrected chi connectivity index (χ3v) is 2.70. The fourth-order valence-electron chi connectivity index (χ4n) is 1.29. The van der Waals surface area contributed by atoms with Crippen LogP contribution in [0.2, 0.25) is 5.02 Å². The molecule has 0 aliphatic rings. The summed E-state index contributed by atoms with van der Waals surface area (Å²) in [4.78, 5) is 0. The average molecular weight is 267 g/mol. The van der Waals surface area contributed by atoms with Crippen molar-refractivity contribution >= 4 is 34.6 Å². The quantitative estimate of drug-likeness (QED) is 0.748. The first kappa shape index (κ1) is 11.9. The van der Waals surface area contributed by atoms with Gasteiger partial charge in [0.05, 0.1) is 22.9 Å². The second-order valence-electron chi connectivity index (χ2n) is 3.37. The first-order chi connectivity index (χ1) is 8.25. The van der Waals surface area contributed by atoms with Crippen LogP contribution in [0.3, 0.4) is 0 Å². The van der Waals surface area contributed by atoms with Crippen LogP contribution >= 0.6 is 23.8 Å². The van der Waals surface area contributed by atoms with E-state index in [2.05, 4.69) is 20.8 Å². The number of benzene rings is 1. The third-order valence-electron chi connectivity index (χ3n) is 2.12. The molecule has 0 spiro atoms. The van der Waals surface area contributed by atoms with Gasteiger partial charge in [0.25, 0.3) is 0 Å². The van der Waals surface area contributed by atoms with E-state index in [9.17, 15) is 0 Å². The lowest BCUT2D eigenvalue weighted by atomic mass is 10.3. The number of thiocarbonyl (C=S) groups is 1. The number of aromatic nitrogens is 2. The van der Waals surface area contributed by atoms with Crippen LogP contribution in [0.25, 0.3) is 0 Å². The maximum atomic E-state index is 6.00. The zero-order chi connectivity index (χ0) is 12.1. The number of hydrogen-bond donors (Lipinski definition) is 3. The number of halogens is 1. The normalized spacial score (nSPS) is 9.94. The number of aromatic amines is 1. The lowest BCUT2D eigenvalue weighted by Gasteiger charge is -2.10. The summed E-state index contributed by atoms with van der Waals surface area (Å²) in [6.45, 7) is 0.594. The highest BCUT2D eigenvalue weighted by molar-refractivity contribution is 7.80. The van der Waals surface area contributed by atoms with Gasteiger partial charge in [0.1, 0.15) is 0 Å². The Morgan fingerprint density at radius 1 is 1.35 bits per heavy atom. The summed E-state index contributed by atoms with van der Waals surface area (Å²) in [6, 6.07) is 9.32. The molecule has 6 heteroatoms. The van der Waals surface area contributed by atoms with E-state index in [1.807, 2.05) is 24.3 Å². The van der Waals surface area contributed by atoms with E-state index in [-0.39, 0.29) is 0 Å². The van der Waals surface area contributed by atoms with Crippen molar-refractivity contribution in [3.8, 4) is 0 Å². The second-order valence-corrected chi connectivity index (χ2v) is 4.18. The molecule has 3 N–H and O–H groups in total. The maximum absolute atomic E-state index is 6.00. The number of anilines is 1. The Morgan fingerprint density at radius 3 is 2.88 bits per heavy atom. The van der Waals surface area contributed by atoms with E-state index in [1.54, 1.807) is 12.3 Å². The Bertz CT molecular complexity index is 498. The van der Waals surface area contributed by atoms with Gasteiger partial charge in [-0.05, 0) is 30.4 Å². The molecule has 4 nitrogen and oxygen atoms in total. The highest BCUT2D eigenvalue weighted by atomic mass is 35.5. The molecule has 1 heterocycles. The Labute approximate surface area is 109 Å². The topological polar surface area (TPSA) is 52.7 Å². The molecule has 0 bridgehead atoms. The van der Waals surface area contributed by atoms with Gasteiger partial charge in [-0.2, -0.15) is 5.10 Å². The smallest absolute Gasteiger partial charge is 0.171 e. The largest absolute Gasteiger partial charge is 0.357 e. The van der Waals surface area contributed by atoms with E-state index in [0.717, 1.165) is 11.4 Å². The number of rotatable bonds is 3. The third kappa shape index (κ3) is 3.44. The summed E-state index contributed by atoms with van der Waals surface area (Å²) < 4.78 is 0. The van der Waals surface area contributed by atoms with E-state index in [0.29, 0.717) is 16.7 Å². The summed E-state index contributed by atoms with van der Waals surface area (Å²) in [5.74, 6) is 0. The summed E-state index contributed by atoms with van der Waals surface area (Å²) >= 11 is 11.2. The second kappa shape index (κ2) is 5.65. The SMILES string of the molecule is S=C(NCc1ccn[nH]1)Nc1ccccc1Cl. The molecule has 0 radical (unpaired) electrons.